The third-order valence-corrected chi connectivity index (χ3v) is 8.01. The predicted octanol–water partition coefficient (Wildman–Crippen LogP) is 3.38. The summed E-state index contributed by atoms with van der Waals surface area (Å²) in [5, 5.41) is 15.7. The molecule has 2 amide bonds. The molecule has 0 unspecified atom stereocenters. The van der Waals surface area contributed by atoms with Crippen molar-refractivity contribution in [2.45, 2.75) is 43.9 Å². The highest BCUT2D eigenvalue weighted by molar-refractivity contribution is 7.15. The normalized spacial score (nSPS) is 28.9. The van der Waals surface area contributed by atoms with Crippen LogP contribution in [0.25, 0.3) is 0 Å². The van der Waals surface area contributed by atoms with Crippen LogP contribution in [0.5, 0.6) is 5.75 Å². The number of methoxy groups -OCH3 is 1. The number of nitrogens with zero attached hydrogens (tertiary/aromatic N) is 2. The largest absolute Gasteiger partial charge is 0.496 e. The minimum atomic E-state index is -0.353. The maximum absolute atomic E-state index is 12.3. The number of ether oxygens (including phenoxy) is 1. The van der Waals surface area contributed by atoms with Gasteiger partial charge < -0.3 is 10.1 Å². The second-order valence-corrected chi connectivity index (χ2v) is 10.0. The lowest BCUT2D eigenvalue weighted by Gasteiger charge is -2.55. The average molecular weight is 427 g/mol. The molecular formula is C22H26N4O3S. The summed E-state index contributed by atoms with van der Waals surface area (Å²) in [5.41, 5.74) is 0.570. The first-order valence-electron chi connectivity index (χ1n) is 10.6. The minimum absolute atomic E-state index is 0.136. The molecule has 0 radical (unpaired) electrons. The summed E-state index contributed by atoms with van der Waals surface area (Å²) in [6, 6.07) is 6.92. The van der Waals surface area contributed by atoms with Crippen LogP contribution in [0.1, 0.15) is 53.9 Å². The molecule has 30 heavy (non-hydrogen) atoms. The number of anilines is 1. The lowest BCUT2D eigenvalue weighted by atomic mass is 9.50. The van der Waals surface area contributed by atoms with Crippen LogP contribution >= 0.6 is 11.3 Å². The van der Waals surface area contributed by atoms with Crippen molar-refractivity contribution in [3.8, 4) is 5.75 Å². The molecule has 0 atom stereocenters. The van der Waals surface area contributed by atoms with Crippen LogP contribution in [0.15, 0.2) is 24.3 Å². The number of benzene rings is 1. The fourth-order valence-corrected chi connectivity index (χ4v) is 7.09. The van der Waals surface area contributed by atoms with E-state index in [4.69, 9.17) is 4.74 Å². The van der Waals surface area contributed by atoms with Gasteiger partial charge in [0.25, 0.3) is 5.91 Å². The lowest BCUT2D eigenvalue weighted by molar-refractivity contribution is -0.115. The van der Waals surface area contributed by atoms with E-state index >= 15 is 0 Å². The molecule has 2 N–H and O–H groups in total. The zero-order chi connectivity index (χ0) is 20.7. The maximum atomic E-state index is 12.3. The molecular weight excluding hydrogens is 400 g/mol. The molecule has 4 aliphatic carbocycles. The lowest BCUT2D eigenvalue weighted by Crippen LogP contribution is -2.48. The second-order valence-electron chi connectivity index (χ2n) is 9.04. The molecule has 0 spiro atoms. The van der Waals surface area contributed by atoms with E-state index < -0.39 is 0 Å². The van der Waals surface area contributed by atoms with E-state index in [2.05, 4.69) is 20.8 Å². The Labute approximate surface area is 179 Å². The van der Waals surface area contributed by atoms with Crippen molar-refractivity contribution in [3.05, 3.63) is 34.8 Å². The summed E-state index contributed by atoms with van der Waals surface area (Å²) < 4.78 is 5.19. The Balaban J connectivity index is 1.20. The standard InChI is InChI=1S/C22H26N4O3S/c1-29-17-5-3-2-4-16(17)19(28)23-12-18(27)24-21-26-25-20(30-21)22-9-13-6-14(10-22)8-15(7-13)11-22/h2-5,13-15H,6-12H2,1H3,(H,23,28)(H,24,26,27). The highest BCUT2D eigenvalue weighted by Gasteiger charge is 2.53. The Kier molecular flexibility index (Phi) is 4.97. The van der Waals surface area contributed by atoms with Gasteiger partial charge in [-0.05, 0) is 68.4 Å². The van der Waals surface area contributed by atoms with Crippen LogP contribution in [-0.4, -0.2) is 35.7 Å². The first-order chi connectivity index (χ1) is 14.5. The first kappa shape index (κ1) is 19.5. The van der Waals surface area contributed by atoms with Crippen LogP contribution in [-0.2, 0) is 10.2 Å². The van der Waals surface area contributed by atoms with E-state index in [1.165, 1.54) is 57.0 Å². The van der Waals surface area contributed by atoms with Crippen molar-refractivity contribution in [3.63, 3.8) is 0 Å². The highest BCUT2D eigenvalue weighted by Crippen LogP contribution is 2.61. The number of carbonyl (C=O) groups excluding carboxylic acids is 2. The summed E-state index contributed by atoms with van der Waals surface area (Å²) >= 11 is 1.50. The maximum Gasteiger partial charge on any atom is 0.255 e. The fourth-order valence-electron chi connectivity index (χ4n) is 6.11. The van der Waals surface area contributed by atoms with Crippen LogP contribution < -0.4 is 15.4 Å². The Hall–Kier alpha value is -2.48. The molecule has 2 aromatic rings. The summed E-state index contributed by atoms with van der Waals surface area (Å²) in [6.07, 6.45) is 7.80. The van der Waals surface area contributed by atoms with E-state index in [0.29, 0.717) is 16.4 Å². The van der Waals surface area contributed by atoms with Gasteiger partial charge in [0.15, 0.2) is 0 Å². The van der Waals surface area contributed by atoms with Gasteiger partial charge in [0.05, 0.1) is 19.2 Å². The van der Waals surface area contributed by atoms with Gasteiger partial charge in [-0.3, -0.25) is 14.9 Å². The Morgan fingerprint density at radius 2 is 1.77 bits per heavy atom. The van der Waals surface area contributed by atoms with Gasteiger partial charge in [0.2, 0.25) is 11.0 Å². The summed E-state index contributed by atoms with van der Waals surface area (Å²) in [5.74, 6) is 2.32. The number of para-hydroxylation sites is 1. The Bertz CT molecular complexity index is 938. The molecule has 4 fully saturated rings. The van der Waals surface area contributed by atoms with Crippen molar-refractivity contribution in [2.75, 3.05) is 19.0 Å². The summed E-state index contributed by atoms with van der Waals surface area (Å²) in [4.78, 5) is 24.7. The molecule has 1 aromatic heterocycles. The van der Waals surface area contributed by atoms with E-state index in [1.807, 2.05) is 0 Å². The Morgan fingerprint density at radius 1 is 1.10 bits per heavy atom. The first-order valence-corrected chi connectivity index (χ1v) is 11.4. The van der Waals surface area contributed by atoms with Crippen molar-refractivity contribution in [1.82, 2.24) is 15.5 Å². The van der Waals surface area contributed by atoms with Gasteiger partial charge in [-0.2, -0.15) is 0 Å². The van der Waals surface area contributed by atoms with Crippen molar-refractivity contribution in [1.29, 1.82) is 0 Å². The van der Waals surface area contributed by atoms with Gasteiger partial charge in [-0.15, -0.1) is 10.2 Å². The van der Waals surface area contributed by atoms with Crippen LogP contribution in [0, 0.1) is 17.8 Å². The van der Waals surface area contributed by atoms with Gasteiger partial charge in [-0.1, -0.05) is 23.5 Å². The van der Waals surface area contributed by atoms with Crippen LogP contribution in [0.4, 0.5) is 5.13 Å². The van der Waals surface area contributed by atoms with E-state index in [0.717, 1.165) is 22.8 Å². The SMILES string of the molecule is COc1ccccc1C(=O)NCC(=O)Nc1nnc(C23CC4CC(CC(C4)C2)C3)s1. The number of carbonyl (C=O) groups is 2. The van der Waals surface area contributed by atoms with Gasteiger partial charge in [0.1, 0.15) is 10.8 Å². The quantitative estimate of drug-likeness (QED) is 0.739. The third-order valence-electron chi connectivity index (χ3n) is 6.92. The minimum Gasteiger partial charge on any atom is -0.496 e. The highest BCUT2D eigenvalue weighted by atomic mass is 32.1. The van der Waals surface area contributed by atoms with Crippen molar-refractivity contribution in [2.24, 2.45) is 17.8 Å². The van der Waals surface area contributed by atoms with Gasteiger partial charge >= 0.3 is 0 Å². The molecule has 4 bridgehead atoms. The second kappa shape index (κ2) is 7.65. The monoisotopic (exact) mass is 426 g/mol. The molecule has 4 aliphatic rings. The molecule has 0 aliphatic heterocycles. The predicted molar refractivity (Wildman–Crippen MR) is 114 cm³/mol. The molecule has 6 rings (SSSR count). The molecule has 158 valence electrons. The van der Waals surface area contributed by atoms with E-state index in [1.54, 1.807) is 24.3 Å². The number of aromatic nitrogens is 2. The summed E-state index contributed by atoms with van der Waals surface area (Å²) in [7, 11) is 1.51. The van der Waals surface area contributed by atoms with Gasteiger partial charge in [0, 0.05) is 5.41 Å². The van der Waals surface area contributed by atoms with E-state index in [9.17, 15) is 9.59 Å². The molecule has 4 saturated carbocycles. The number of rotatable bonds is 6. The summed E-state index contributed by atoms with van der Waals surface area (Å²) in [6.45, 7) is -0.136. The fraction of sp³-hybridized carbons (Fsp3) is 0.545. The number of amides is 2. The van der Waals surface area contributed by atoms with Gasteiger partial charge in [-0.25, -0.2) is 0 Å². The third kappa shape index (κ3) is 3.57. The van der Waals surface area contributed by atoms with Crippen LogP contribution in [0.2, 0.25) is 0 Å². The number of hydrogen-bond acceptors (Lipinski definition) is 6. The molecule has 8 heteroatoms. The molecule has 0 saturated heterocycles. The zero-order valence-corrected chi connectivity index (χ0v) is 17.8. The average Bonchev–Trinajstić information content (AvgIpc) is 3.20. The smallest absolute Gasteiger partial charge is 0.255 e. The zero-order valence-electron chi connectivity index (χ0n) is 17.0. The van der Waals surface area contributed by atoms with Crippen molar-refractivity contribution >= 4 is 28.3 Å². The molecule has 7 nitrogen and oxygen atoms in total. The number of nitrogens with one attached hydrogen (secondary N) is 2. The van der Waals surface area contributed by atoms with Crippen molar-refractivity contribution < 1.29 is 14.3 Å². The molecule has 1 aromatic carbocycles. The topological polar surface area (TPSA) is 93.2 Å². The Morgan fingerprint density at radius 3 is 2.43 bits per heavy atom. The van der Waals surface area contributed by atoms with E-state index in [-0.39, 0.29) is 23.8 Å². The number of hydrogen-bond donors (Lipinski definition) is 2. The molecule has 1 heterocycles. The van der Waals surface area contributed by atoms with Crippen LogP contribution in [0.3, 0.4) is 0 Å².